The zero-order valence-corrected chi connectivity index (χ0v) is 22.1. The Bertz CT molecular complexity index is 1630. The van der Waals surface area contributed by atoms with E-state index in [9.17, 15) is 13.2 Å². The molecule has 1 aliphatic heterocycles. The lowest BCUT2D eigenvalue weighted by molar-refractivity contribution is 0.0626. The van der Waals surface area contributed by atoms with Crippen molar-refractivity contribution in [1.29, 1.82) is 0 Å². The largest absolute Gasteiger partial charge is 0.399 e. The highest BCUT2D eigenvalue weighted by molar-refractivity contribution is 7.92. The van der Waals surface area contributed by atoms with Crippen LogP contribution in [0.5, 0.6) is 0 Å². The minimum Gasteiger partial charge on any atom is -0.399 e. The molecule has 39 heavy (non-hydrogen) atoms. The fourth-order valence-corrected chi connectivity index (χ4v) is 6.16. The molecule has 4 aromatic rings. The molecular formula is C28H29N7O3S. The third-order valence-electron chi connectivity index (χ3n) is 7.20. The van der Waals surface area contributed by atoms with Gasteiger partial charge in [0.25, 0.3) is 15.9 Å². The molecule has 1 aliphatic carbocycles. The van der Waals surface area contributed by atoms with Crippen LogP contribution in [0.3, 0.4) is 0 Å². The van der Waals surface area contributed by atoms with Gasteiger partial charge in [-0.15, -0.1) is 0 Å². The highest BCUT2D eigenvalue weighted by atomic mass is 32.2. The SMILES string of the molecule is Nc1ccc(S(=O)(=O)Nc2cnc(C(=O)N3CCN(CC4CC4)CC3)cn2)c(-c2cccc3cccnc23)c1. The first-order valence-corrected chi connectivity index (χ1v) is 14.5. The van der Waals surface area contributed by atoms with Gasteiger partial charge >= 0.3 is 0 Å². The maximum atomic E-state index is 13.5. The second kappa shape index (κ2) is 10.2. The number of aromatic nitrogens is 3. The van der Waals surface area contributed by atoms with Gasteiger partial charge in [0.05, 0.1) is 22.8 Å². The van der Waals surface area contributed by atoms with Crippen molar-refractivity contribution in [1.82, 2.24) is 24.8 Å². The van der Waals surface area contributed by atoms with E-state index in [0.717, 1.165) is 30.9 Å². The Morgan fingerprint density at radius 2 is 1.74 bits per heavy atom. The molecule has 6 rings (SSSR count). The van der Waals surface area contributed by atoms with Gasteiger partial charge in [-0.1, -0.05) is 24.3 Å². The van der Waals surface area contributed by atoms with Crippen LogP contribution in [0.1, 0.15) is 23.3 Å². The summed E-state index contributed by atoms with van der Waals surface area (Å²) in [7, 11) is -4.08. The molecule has 3 heterocycles. The number of para-hydroxylation sites is 1. The predicted octanol–water partition coefficient (Wildman–Crippen LogP) is 3.24. The number of amides is 1. The molecule has 10 nitrogen and oxygen atoms in total. The first-order chi connectivity index (χ1) is 18.9. The Morgan fingerprint density at radius 1 is 0.949 bits per heavy atom. The van der Waals surface area contributed by atoms with Crippen LogP contribution >= 0.6 is 0 Å². The molecule has 1 saturated heterocycles. The van der Waals surface area contributed by atoms with Crippen LogP contribution in [0.15, 0.2) is 72.0 Å². The zero-order valence-electron chi connectivity index (χ0n) is 21.3. The van der Waals surface area contributed by atoms with Gasteiger partial charge in [-0.25, -0.2) is 18.4 Å². The fraction of sp³-hybridized carbons (Fsp3) is 0.286. The minimum absolute atomic E-state index is 0.0135. The van der Waals surface area contributed by atoms with E-state index in [-0.39, 0.29) is 22.3 Å². The number of anilines is 2. The van der Waals surface area contributed by atoms with Crippen LogP contribution in [0, 0.1) is 5.92 Å². The molecule has 2 aliphatic rings. The number of sulfonamides is 1. The second-order valence-corrected chi connectivity index (χ2v) is 11.7. The van der Waals surface area contributed by atoms with Crippen LogP contribution in [0.2, 0.25) is 0 Å². The average Bonchev–Trinajstić information content (AvgIpc) is 3.77. The monoisotopic (exact) mass is 543 g/mol. The molecule has 2 aromatic heterocycles. The lowest BCUT2D eigenvalue weighted by Crippen LogP contribution is -2.49. The number of nitrogens with zero attached hydrogens (tertiary/aromatic N) is 5. The number of benzene rings is 2. The molecule has 11 heteroatoms. The molecule has 1 saturated carbocycles. The molecule has 3 N–H and O–H groups in total. The lowest BCUT2D eigenvalue weighted by Gasteiger charge is -2.34. The number of pyridine rings is 1. The van der Waals surface area contributed by atoms with E-state index in [0.29, 0.717) is 35.4 Å². The van der Waals surface area contributed by atoms with Crippen LogP contribution in [0.4, 0.5) is 11.5 Å². The number of nitrogens with one attached hydrogen (secondary N) is 1. The van der Waals surface area contributed by atoms with Crippen LogP contribution < -0.4 is 10.5 Å². The molecule has 2 fully saturated rings. The van der Waals surface area contributed by atoms with Crippen LogP contribution in [-0.2, 0) is 10.0 Å². The Kier molecular flexibility index (Phi) is 6.61. The number of hydrogen-bond acceptors (Lipinski definition) is 8. The number of nitrogen functional groups attached to an aromatic ring is 1. The van der Waals surface area contributed by atoms with E-state index in [1.165, 1.54) is 37.4 Å². The summed E-state index contributed by atoms with van der Waals surface area (Å²) < 4.78 is 29.5. The number of carbonyl (C=O) groups is 1. The van der Waals surface area contributed by atoms with Crippen molar-refractivity contribution in [2.24, 2.45) is 5.92 Å². The molecule has 0 radical (unpaired) electrons. The van der Waals surface area contributed by atoms with Gasteiger partial charge in [0.2, 0.25) is 0 Å². The Hall–Kier alpha value is -4.09. The summed E-state index contributed by atoms with van der Waals surface area (Å²) in [5.74, 6) is 0.634. The van der Waals surface area contributed by atoms with Crippen molar-refractivity contribution in [2.45, 2.75) is 17.7 Å². The van der Waals surface area contributed by atoms with Gasteiger partial charge in [-0.05, 0) is 43.0 Å². The van der Waals surface area contributed by atoms with Gasteiger partial charge < -0.3 is 10.6 Å². The Balaban J connectivity index is 1.20. The van der Waals surface area contributed by atoms with Gasteiger partial charge in [-0.2, -0.15) is 0 Å². The lowest BCUT2D eigenvalue weighted by atomic mass is 10.0. The summed E-state index contributed by atoms with van der Waals surface area (Å²) in [5.41, 5.74) is 8.39. The number of carbonyl (C=O) groups excluding carboxylic acids is 1. The number of rotatable bonds is 7. The van der Waals surface area contributed by atoms with Crippen LogP contribution in [0.25, 0.3) is 22.0 Å². The third-order valence-corrected chi connectivity index (χ3v) is 8.61. The summed E-state index contributed by atoms with van der Waals surface area (Å²) in [5, 5.41) is 0.879. The molecule has 0 unspecified atom stereocenters. The molecule has 1 amide bonds. The third kappa shape index (κ3) is 5.41. The maximum absolute atomic E-state index is 13.5. The van der Waals surface area contributed by atoms with Gasteiger partial charge in [0, 0.05) is 61.1 Å². The Morgan fingerprint density at radius 3 is 2.49 bits per heavy atom. The van der Waals surface area contributed by atoms with Crippen molar-refractivity contribution in [2.75, 3.05) is 43.2 Å². The van der Waals surface area contributed by atoms with Gasteiger partial charge in [0.15, 0.2) is 5.82 Å². The Labute approximate surface area is 226 Å². The van der Waals surface area contributed by atoms with Crippen LogP contribution in [-0.4, -0.2) is 71.8 Å². The summed E-state index contributed by atoms with van der Waals surface area (Å²) in [6, 6.07) is 13.9. The standard InChI is InChI=1S/C28H29N7O3S/c29-21-8-9-25(23(15-21)22-5-1-3-20-4-2-10-30-27(20)22)39(37,38)33-26-17-31-24(16-32-26)28(36)35-13-11-34(12-14-35)18-19-6-7-19/h1-5,8-10,15-17,19H,6-7,11-14,18,29H2,(H,32,33). The maximum Gasteiger partial charge on any atom is 0.274 e. The molecule has 200 valence electrons. The smallest absolute Gasteiger partial charge is 0.274 e. The molecule has 0 bridgehead atoms. The molecule has 0 spiro atoms. The first kappa shape index (κ1) is 25.2. The quantitative estimate of drug-likeness (QED) is 0.339. The summed E-state index contributed by atoms with van der Waals surface area (Å²) in [6.07, 6.45) is 6.87. The number of nitrogens with two attached hydrogens (primary N) is 1. The van der Waals surface area contributed by atoms with E-state index in [4.69, 9.17) is 5.73 Å². The highest BCUT2D eigenvalue weighted by Crippen LogP contribution is 2.34. The second-order valence-electron chi connectivity index (χ2n) is 10.1. The fourth-order valence-electron chi connectivity index (χ4n) is 4.96. The summed E-state index contributed by atoms with van der Waals surface area (Å²) in [6.45, 7) is 4.10. The number of fused-ring (bicyclic) bond motifs is 1. The normalized spacial score (nSPS) is 16.4. The minimum atomic E-state index is -4.08. The van der Waals surface area contributed by atoms with E-state index >= 15 is 0 Å². The molecular weight excluding hydrogens is 514 g/mol. The van der Waals surface area contributed by atoms with E-state index in [2.05, 4.69) is 24.6 Å². The number of piperazine rings is 1. The predicted molar refractivity (Wildman–Crippen MR) is 149 cm³/mol. The topological polar surface area (TPSA) is 134 Å². The molecule has 2 aromatic carbocycles. The van der Waals surface area contributed by atoms with Crippen molar-refractivity contribution in [3.8, 4) is 11.1 Å². The number of hydrogen-bond donors (Lipinski definition) is 2. The van der Waals surface area contributed by atoms with E-state index < -0.39 is 10.0 Å². The molecule has 0 atom stereocenters. The van der Waals surface area contributed by atoms with Crippen molar-refractivity contribution in [3.05, 3.63) is 72.8 Å². The zero-order chi connectivity index (χ0) is 27.0. The summed E-state index contributed by atoms with van der Waals surface area (Å²) >= 11 is 0. The highest BCUT2D eigenvalue weighted by Gasteiger charge is 2.28. The van der Waals surface area contributed by atoms with Crippen molar-refractivity contribution in [3.63, 3.8) is 0 Å². The van der Waals surface area contributed by atoms with Crippen molar-refractivity contribution >= 4 is 38.3 Å². The van der Waals surface area contributed by atoms with Gasteiger partial charge in [0.1, 0.15) is 5.69 Å². The first-order valence-electron chi connectivity index (χ1n) is 13.0. The van der Waals surface area contributed by atoms with E-state index in [1.54, 1.807) is 17.2 Å². The average molecular weight is 544 g/mol. The van der Waals surface area contributed by atoms with E-state index in [1.807, 2.05) is 30.3 Å². The van der Waals surface area contributed by atoms with Gasteiger partial charge in [-0.3, -0.25) is 19.4 Å². The van der Waals surface area contributed by atoms with Crippen molar-refractivity contribution < 1.29 is 13.2 Å². The summed E-state index contributed by atoms with van der Waals surface area (Å²) in [4.78, 5) is 30.0.